The van der Waals surface area contributed by atoms with E-state index in [0.29, 0.717) is 11.4 Å². The van der Waals surface area contributed by atoms with Crippen LogP contribution in [0.2, 0.25) is 0 Å². The van der Waals surface area contributed by atoms with E-state index >= 15 is 0 Å². The molecule has 0 aliphatic heterocycles. The lowest BCUT2D eigenvalue weighted by molar-refractivity contribution is -0.118. The average Bonchev–Trinajstić information content (AvgIpc) is 2.55. The summed E-state index contributed by atoms with van der Waals surface area (Å²) in [6.07, 6.45) is 0. The highest BCUT2D eigenvalue weighted by molar-refractivity contribution is 7.89. The molecule has 2 aromatic carbocycles. The van der Waals surface area contributed by atoms with Gasteiger partial charge in [-0.1, -0.05) is 6.07 Å². The molecule has 2 rings (SSSR count). The number of sulfonamides is 1. The zero-order valence-electron chi connectivity index (χ0n) is 16.3. The molecule has 0 aromatic heterocycles. The summed E-state index contributed by atoms with van der Waals surface area (Å²) in [4.78, 5) is 12.2. The summed E-state index contributed by atoms with van der Waals surface area (Å²) >= 11 is 0. The molecule has 0 heterocycles. The van der Waals surface area contributed by atoms with Crippen molar-refractivity contribution < 1.29 is 17.9 Å². The van der Waals surface area contributed by atoms with E-state index in [9.17, 15) is 13.2 Å². The number of hydrogen-bond donors (Lipinski definition) is 2. The number of aryl methyl sites for hydroxylation is 2. The molecule has 0 aliphatic carbocycles. The van der Waals surface area contributed by atoms with Crippen LogP contribution in [0.1, 0.15) is 31.9 Å². The third-order valence-corrected chi connectivity index (χ3v) is 5.51. The SMILES string of the molecule is Cc1ccc(NC(=O)COc2ccc(S(=O)(=O)NC(C)(C)C)cc2)cc1C. The Bertz CT molecular complexity index is 914. The minimum absolute atomic E-state index is 0.143. The monoisotopic (exact) mass is 390 g/mol. The number of ether oxygens (including phenoxy) is 1. The van der Waals surface area contributed by atoms with Gasteiger partial charge in [0.1, 0.15) is 5.75 Å². The van der Waals surface area contributed by atoms with Crippen molar-refractivity contribution in [1.29, 1.82) is 0 Å². The van der Waals surface area contributed by atoms with Gasteiger partial charge in [-0.25, -0.2) is 13.1 Å². The summed E-state index contributed by atoms with van der Waals surface area (Å²) in [5.74, 6) is 0.129. The van der Waals surface area contributed by atoms with Crippen LogP contribution >= 0.6 is 0 Å². The first kappa shape index (κ1) is 20.9. The van der Waals surface area contributed by atoms with E-state index in [1.165, 1.54) is 24.3 Å². The standard InChI is InChI=1S/C20H26N2O4S/c1-14-6-7-16(12-15(14)2)21-19(23)13-26-17-8-10-18(11-9-17)27(24,25)22-20(3,4)5/h6-12,22H,13H2,1-5H3,(H,21,23). The maximum Gasteiger partial charge on any atom is 0.262 e. The molecule has 0 fully saturated rings. The molecular weight excluding hydrogens is 364 g/mol. The molecule has 0 saturated carbocycles. The molecule has 27 heavy (non-hydrogen) atoms. The maximum absolute atomic E-state index is 12.3. The molecule has 0 saturated heterocycles. The quantitative estimate of drug-likeness (QED) is 0.792. The Morgan fingerprint density at radius 2 is 1.63 bits per heavy atom. The second kappa shape index (κ2) is 8.10. The highest BCUT2D eigenvalue weighted by Gasteiger charge is 2.21. The van der Waals surface area contributed by atoms with Crippen LogP contribution in [0, 0.1) is 13.8 Å². The van der Waals surface area contributed by atoms with Crippen molar-refractivity contribution in [2.75, 3.05) is 11.9 Å². The third kappa shape index (κ3) is 6.37. The summed E-state index contributed by atoms with van der Waals surface area (Å²) < 4.78 is 32.5. The molecule has 0 atom stereocenters. The molecular formula is C20H26N2O4S. The van der Waals surface area contributed by atoms with Crippen LogP contribution in [0.3, 0.4) is 0 Å². The predicted octanol–water partition coefficient (Wildman–Crippen LogP) is 3.40. The van der Waals surface area contributed by atoms with Gasteiger partial charge in [0.2, 0.25) is 10.0 Å². The van der Waals surface area contributed by atoms with E-state index in [0.717, 1.165) is 11.1 Å². The second-order valence-corrected chi connectivity index (χ2v) is 9.15. The minimum atomic E-state index is -3.60. The number of carbonyl (C=O) groups excluding carboxylic acids is 1. The second-order valence-electron chi connectivity index (χ2n) is 7.46. The van der Waals surface area contributed by atoms with E-state index in [1.807, 2.05) is 32.0 Å². The van der Waals surface area contributed by atoms with Gasteiger partial charge in [-0.3, -0.25) is 4.79 Å². The zero-order chi connectivity index (χ0) is 20.2. The molecule has 0 unspecified atom stereocenters. The summed E-state index contributed by atoms with van der Waals surface area (Å²) in [7, 11) is -3.60. The van der Waals surface area contributed by atoms with Gasteiger partial charge in [0, 0.05) is 11.2 Å². The summed E-state index contributed by atoms with van der Waals surface area (Å²) in [5, 5.41) is 2.77. The molecule has 0 spiro atoms. The van der Waals surface area contributed by atoms with Crippen molar-refractivity contribution in [3.8, 4) is 5.75 Å². The smallest absolute Gasteiger partial charge is 0.262 e. The van der Waals surface area contributed by atoms with Crippen molar-refractivity contribution in [3.05, 3.63) is 53.6 Å². The Kier molecular flexibility index (Phi) is 6.28. The molecule has 0 radical (unpaired) electrons. The molecule has 1 amide bonds. The molecule has 146 valence electrons. The first-order chi connectivity index (χ1) is 12.5. The number of nitrogens with one attached hydrogen (secondary N) is 2. The topological polar surface area (TPSA) is 84.5 Å². The molecule has 0 aliphatic rings. The van der Waals surface area contributed by atoms with Gasteiger partial charge in [0.05, 0.1) is 4.90 Å². The molecule has 7 heteroatoms. The Balaban J connectivity index is 1.94. The number of anilines is 1. The number of benzene rings is 2. The molecule has 6 nitrogen and oxygen atoms in total. The van der Waals surface area contributed by atoms with Gasteiger partial charge in [-0.05, 0) is 82.1 Å². The van der Waals surface area contributed by atoms with Crippen molar-refractivity contribution in [2.45, 2.75) is 45.1 Å². The maximum atomic E-state index is 12.3. The normalized spacial score (nSPS) is 11.9. The van der Waals surface area contributed by atoms with Crippen molar-refractivity contribution in [1.82, 2.24) is 4.72 Å². The van der Waals surface area contributed by atoms with Crippen molar-refractivity contribution in [3.63, 3.8) is 0 Å². The van der Waals surface area contributed by atoms with Gasteiger partial charge in [0.25, 0.3) is 5.91 Å². The van der Waals surface area contributed by atoms with Crippen LogP contribution in [0.15, 0.2) is 47.4 Å². The fourth-order valence-electron chi connectivity index (χ4n) is 2.34. The van der Waals surface area contributed by atoms with E-state index in [1.54, 1.807) is 20.8 Å². The number of hydrogen-bond acceptors (Lipinski definition) is 4. The Morgan fingerprint density at radius 3 is 2.19 bits per heavy atom. The van der Waals surface area contributed by atoms with E-state index in [-0.39, 0.29) is 17.4 Å². The fourth-order valence-corrected chi connectivity index (χ4v) is 3.76. The molecule has 0 bridgehead atoms. The lowest BCUT2D eigenvalue weighted by Gasteiger charge is -2.20. The summed E-state index contributed by atoms with van der Waals surface area (Å²) in [6, 6.07) is 11.6. The Hall–Kier alpha value is -2.38. The summed E-state index contributed by atoms with van der Waals surface area (Å²) in [6.45, 7) is 9.14. The van der Waals surface area contributed by atoms with Gasteiger partial charge >= 0.3 is 0 Å². The Labute approximate surface area is 161 Å². The Morgan fingerprint density at radius 1 is 1.00 bits per heavy atom. The number of carbonyl (C=O) groups is 1. The van der Waals surface area contributed by atoms with Crippen molar-refractivity contribution >= 4 is 21.6 Å². The lowest BCUT2D eigenvalue weighted by Crippen LogP contribution is -2.40. The lowest BCUT2D eigenvalue weighted by atomic mass is 10.1. The number of rotatable bonds is 6. The third-order valence-electron chi connectivity index (χ3n) is 3.74. The number of amides is 1. The highest BCUT2D eigenvalue weighted by Crippen LogP contribution is 2.18. The van der Waals surface area contributed by atoms with E-state index in [2.05, 4.69) is 10.0 Å². The van der Waals surface area contributed by atoms with Crippen LogP contribution in [-0.4, -0.2) is 26.5 Å². The fraction of sp³-hybridized carbons (Fsp3) is 0.350. The largest absolute Gasteiger partial charge is 0.484 e. The first-order valence-electron chi connectivity index (χ1n) is 8.60. The summed E-state index contributed by atoms with van der Waals surface area (Å²) in [5.41, 5.74) is 2.39. The molecule has 2 aromatic rings. The van der Waals surface area contributed by atoms with Gasteiger partial charge in [-0.15, -0.1) is 0 Å². The molecule has 2 N–H and O–H groups in total. The first-order valence-corrected chi connectivity index (χ1v) is 10.1. The average molecular weight is 391 g/mol. The van der Waals surface area contributed by atoms with Crippen LogP contribution in [0.4, 0.5) is 5.69 Å². The zero-order valence-corrected chi connectivity index (χ0v) is 17.1. The van der Waals surface area contributed by atoms with Gasteiger partial charge < -0.3 is 10.1 Å². The van der Waals surface area contributed by atoms with Crippen molar-refractivity contribution in [2.24, 2.45) is 0 Å². The van der Waals surface area contributed by atoms with E-state index < -0.39 is 15.6 Å². The highest BCUT2D eigenvalue weighted by atomic mass is 32.2. The van der Waals surface area contributed by atoms with Gasteiger partial charge in [-0.2, -0.15) is 0 Å². The van der Waals surface area contributed by atoms with Gasteiger partial charge in [0.15, 0.2) is 6.61 Å². The van der Waals surface area contributed by atoms with Crippen LogP contribution in [-0.2, 0) is 14.8 Å². The minimum Gasteiger partial charge on any atom is -0.484 e. The van der Waals surface area contributed by atoms with Crippen LogP contribution in [0.5, 0.6) is 5.75 Å². The predicted molar refractivity (Wildman–Crippen MR) is 107 cm³/mol. The van der Waals surface area contributed by atoms with E-state index in [4.69, 9.17) is 4.74 Å². The van der Waals surface area contributed by atoms with Crippen LogP contribution in [0.25, 0.3) is 0 Å². The van der Waals surface area contributed by atoms with Crippen LogP contribution < -0.4 is 14.8 Å².